The van der Waals surface area contributed by atoms with Gasteiger partial charge in [0, 0.05) is 11.8 Å². The maximum Gasteiger partial charge on any atom is 0.326 e. The molecule has 1 atom stereocenters. The molecule has 0 bridgehead atoms. The molecule has 1 aromatic carbocycles. The van der Waals surface area contributed by atoms with Crippen molar-refractivity contribution in [1.82, 2.24) is 10.2 Å². The van der Waals surface area contributed by atoms with Gasteiger partial charge >= 0.3 is 12.0 Å². The van der Waals surface area contributed by atoms with Crippen molar-refractivity contribution in [1.29, 1.82) is 0 Å². The molecule has 4 amide bonds. The molecule has 2 fully saturated rings. The van der Waals surface area contributed by atoms with Crippen LogP contribution in [0.4, 0.5) is 10.5 Å². The Balaban J connectivity index is 1.50. The highest BCUT2D eigenvalue weighted by molar-refractivity contribution is 6.09. The van der Waals surface area contributed by atoms with E-state index in [0.717, 1.165) is 17.7 Å². The number of ether oxygens (including phenoxy) is 3. The molecule has 1 saturated carbocycles. The van der Waals surface area contributed by atoms with Gasteiger partial charge in [0.2, 0.25) is 0 Å². The standard InChI is InChI=1S/C19H23N3O7/c1-19(11-4-5-11)17(25)22(18(26)21-19)9-16(24)29-10-15(23)20-12-6-7-13(27-2)14(8-12)28-3/h6-8,11H,4-5,9-10H2,1-3H3,(H,20,23)(H,21,26)/t19-/m1/s1. The summed E-state index contributed by atoms with van der Waals surface area (Å²) < 4.78 is 15.2. The number of nitrogens with one attached hydrogen (secondary N) is 2. The SMILES string of the molecule is COc1ccc(NC(=O)COC(=O)CN2C(=O)N[C@](C)(C3CC3)C2=O)cc1OC. The Bertz CT molecular complexity index is 852. The van der Waals surface area contributed by atoms with Crippen molar-refractivity contribution in [3.8, 4) is 11.5 Å². The molecule has 0 unspecified atom stereocenters. The summed E-state index contributed by atoms with van der Waals surface area (Å²) >= 11 is 0. The molecular weight excluding hydrogens is 382 g/mol. The topological polar surface area (TPSA) is 123 Å². The number of nitrogens with zero attached hydrogens (tertiary/aromatic N) is 1. The Morgan fingerprint density at radius 1 is 1.21 bits per heavy atom. The van der Waals surface area contributed by atoms with E-state index in [-0.39, 0.29) is 5.92 Å². The number of hydrogen-bond acceptors (Lipinski definition) is 7. The smallest absolute Gasteiger partial charge is 0.326 e. The van der Waals surface area contributed by atoms with E-state index in [9.17, 15) is 19.2 Å². The Labute approximate surface area is 167 Å². The Hall–Kier alpha value is -3.30. The van der Waals surface area contributed by atoms with Gasteiger partial charge in [0.25, 0.3) is 11.8 Å². The van der Waals surface area contributed by atoms with Gasteiger partial charge in [0.05, 0.1) is 14.2 Å². The number of carbonyl (C=O) groups is 4. The average molecular weight is 405 g/mol. The van der Waals surface area contributed by atoms with E-state index >= 15 is 0 Å². The number of urea groups is 1. The first-order valence-corrected chi connectivity index (χ1v) is 9.10. The predicted molar refractivity (Wildman–Crippen MR) is 101 cm³/mol. The second kappa shape index (κ2) is 7.98. The number of esters is 1. The largest absolute Gasteiger partial charge is 0.493 e. The van der Waals surface area contributed by atoms with Gasteiger partial charge in [0.15, 0.2) is 18.1 Å². The summed E-state index contributed by atoms with van der Waals surface area (Å²) in [6.07, 6.45) is 1.72. The van der Waals surface area contributed by atoms with E-state index in [4.69, 9.17) is 14.2 Å². The molecule has 10 nitrogen and oxygen atoms in total. The van der Waals surface area contributed by atoms with E-state index in [1.165, 1.54) is 14.2 Å². The highest BCUT2D eigenvalue weighted by atomic mass is 16.5. The summed E-state index contributed by atoms with van der Waals surface area (Å²) in [6.45, 7) is 0.556. The normalized spacial score (nSPS) is 20.9. The number of rotatable bonds is 8. The second-order valence-corrected chi connectivity index (χ2v) is 7.08. The van der Waals surface area contributed by atoms with Crippen LogP contribution in [0.2, 0.25) is 0 Å². The van der Waals surface area contributed by atoms with Gasteiger partial charge in [-0.25, -0.2) is 4.79 Å². The van der Waals surface area contributed by atoms with Gasteiger partial charge in [-0.3, -0.25) is 19.3 Å². The molecule has 2 aliphatic rings. The number of hydrogen-bond donors (Lipinski definition) is 2. The van der Waals surface area contributed by atoms with Crippen molar-refractivity contribution in [2.24, 2.45) is 5.92 Å². The second-order valence-electron chi connectivity index (χ2n) is 7.08. The molecule has 0 radical (unpaired) electrons. The molecule has 3 rings (SSSR count). The monoisotopic (exact) mass is 405 g/mol. The summed E-state index contributed by atoms with van der Waals surface area (Å²) in [4.78, 5) is 49.4. The lowest BCUT2D eigenvalue weighted by molar-refractivity contribution is -0.150. The maximum absolute atomic E-state index is 12.5. The fourth-order valence-electron chi connectivity index (χ4n) is 3.23. The number of anilines is 1. The minimum absolute atomic E-state index is 0.0900. The van der Waals surface area contributed by atoms with Crippen molar-refractivity contribution in [3.05, 3.63) is 18.2 Å². The average Bonchev–Trinajstić information content (AvgIpc) is 3.52. The van der Waals surface area contributed by atoms with Gasteiger partial charge in [-0.2, -0.15) is 0 Å². The zero-order valence-corrected chi connectivity index (χ0v) is 16.4. The number of imide groups is 1. The van der Waals surface area contributed by atoms with Gasteiger partial charge in [0.1, 0.15) is 12.1 Å². The van der Waals surface area contributed by atoms with E-state index in [1.54, 1.807) is 25.1 Å². The molecule has 2 N–H and O–H groups in total. The van der Waals surface area contributed by atoms with E-state index < -0.39 is 42.5 Å². The van der Waals surface area contributed by atoms with Crippen LogP contribution in [0.1, 0.15) is 19.8 Å². The summed E-state index contributed by atoms with van der Waals surface area (Å²) in [6, 6.07) is 4.16. The molecule has 156 valence electrons. The van der Waals surface area contributed by atoms with Crippen LogP contribution in [-0.2, 0) is 19.1 Å². The quantitative estimate of drug-likeness (QED) is 0.487. The Kier molecular flexibility index (Phi) is 5.62. The fourth-order valence-corrected chi connectivity index (χ4v) is 3.23. The van der Waals surface area contributed by atoms with E-state index in [1.807, 2.05) is 0 Å². The minimum Gasteiger partial charge on any atom is -0.493 e. The number of carbonyl (C=O) groups excluding carboxylic acids is 4. The van der Waals surface area contributed by atoms with Crippen LogP contribution >= 0.6 is 0 Å². The van der Waals surface area contributed by atoms with Crippen LogP contribution in [0.15, 0.2) is 18.2 Å². The molecule has 0 aromatic heterocycles. The van der Waals surface area contributed by atoms with Gasteiger partial charge < -0.3 is 24.8 Å². The lowest BCUT2D eigenvalue weighted by Gasteiger charge is -2.20. The summed E-state index contributed by atoms with van der Waals surface area (Å²) in [5.74, 6) is -0.853. The van der Waals surface area contributed by atoms with Gasteiger partial charge in [-0.05, 0) is 37.8 Å². The zero-order chi connectivity index (χ0) is 21.2. The molecule has 1 aliphatic heterocycles. The van der Waals surface area contributed by atoms with Crippen LogP contribution in [0, 0.1) is 5.92 Å². The van der Waals surface area contributed by atoms with E-state index in [0.29, 0.717) is 17.2 Å². The number of amides is 4. The third-order valence-corrected chi connectivity index (χ3v) is 5.01. The highest BCUT2D eigenvalue weighted by Gasteiger charge is 2.56. The lowest BCUT2D eigenvalue weighted by atomic mass is 9.96. The molecule has 10 heteroatoms. The summed E-state index contributed by atoms with van der Waals surface area (Å²) in [5, 5.41) is 5.20. The Morgan fingerprint density at radius 3 is 2.52 bits per heavy atom. The van der Waals surface area contributed by atoms with E-state index in [2.05, 4.69) is 10.6 Å². The van der Waals surface area contributed by atoms with Crippen molar-refractivity contribution >= 4 is 29.5 Å². The van der Waals surface area contributed by atoms with Crippen LogP contribution in [-0.4, -0.2) is 61.6 Å². The van der Waals surface area contributed by atoms with Gasteiger partial charge in [-0.1, -0.05) is 0 Å². The molecule has 1 saturated heterocycles. The Morgan fingerprint density at radius 2 is 1.90 bits per heavy atom. The molecular formula is C19H23N3O7. The maximum atomic E-state index is 12.5. The first-order valence-electron chi connectivity index (χ1n) is 9.10. The minimum atomic E-state index is -0.970. The summed E-state index contributed by atoms with van der Waals surface area (Å²) in [5.41, 5.74) is -0.541. The fraction of sp³-hybridized carbons (Fsp3) is 0.474. The lowest BCUT2D eigenvalue weighted by Crippen LogP contribution is -2.46. The van der Waals surface area contributed by atoms with Crippen LogP contribution < -0.4 is 20.1 Å². The summed E-state index contributed by atoms with van der Waals surface area (Å²) in [7, 11) is 2.96. The molecule has 29 heavy (non-hydrogen) atoms. The third kappa shape index (κ3) is 4.25. The van der Waals surface area contributed by atoms with Crippen molar-refractivity contribution in [3.63, 3.8) is 0 Å². The van der Waals surface area contributed by atoms with Crippen molar-refractivity contribution < 1.29 is 33.4 Å². The molecule has 0 spiro atoms. The number of benzene rings is 1. The van der Waals surface area contributed by atoms with Crippen molar-refractivity contribution in [2.45, 2.75) is 25.3 Å². The zero-order valence-electron chi connectivity index (χ0n) is 16.4. The molecule has 1 aromatic rings. The first kappa shape index (κ1) is 20.4. The molecule has 1 aliphatic carbocycles. The first-order chi connectivity index (χ1) is 13.8. The van der Waals surface area contributed by atoms with Crippen LogP contribution in [0.3, 0.4) is 0 Å². The van der Waals surface area contributed by atoms with Crippen molar-refractivity contribution in [2.75, 3.05) is 32.7 Å². The van der Waals surface area contributed by atoms with Gasteiger partial charge in [-0.15, -0.1) is 0 Å². The van der Waals surface area contributed by atoms with Crippen LogP contribution in [0.25, 0.3) is 0 Å². The van der Waals surface area contributed by atoms with Crippen LogP contribution in [0.5, 0.6) is 11.5 Å². The third-order valence-electron chi connectivity index (χ3n) is 5.01. The molecule has 1 heterocycles. The highest BCUT2D eigenvalue weighted by Crippen LogP contribution is 2.42. The number of methoxy groups -OCH3 is 2. The predicted octanol–water partition coefficient (Wildman–Crippen LogP) is 0.906.